The van der Waals surface area contributed by atoms with E-state index in [-0.39, 0.29) is 11.5 Å². The predicted octanol–water partition coefficient (Wildman–Crippen LogP) is 2.22. The Labute approximate surface area is 131 Å². The van der Waals surface area contributed by atoms with E-state index < -0.39 is 11.8 Å². The first-order chi connectivity index (χ1) is 10.4. The number of hydrogen-bond donors (Lipinski definition) is 2. The van der Waals surface area contributed by atoms with Crippen LogP contribution in [0.1, 0.15) is 39.2 Å². The number of amides is 2. The van der Waals surface area contributed by atoms with E-state index in [1.807, 2.05) is 24.3 Å². The summed E-state index contributed by atoms with van der Waals surface area (Å²) in [5.41, 5.74) is 1.85. The van der Waals surface area contributed by atoms with Crippen LogP contribution >= 0.6 is 0 Å². The molecule has 0 aromatic heterocycles. The standard InChI is InChI=1S/C17H24N2O3/c1-17(2,3)12-6-8-13(9-7-12)19-16(21)15(20)18-11-14-5-4-10-22-14/h6-9,14H,4-5,10-11H2,1-3H3,(H,18,20)(H,19,21). The summed E-state index contributed by atoms with van der Waals surface area (Å²) >= 11 is 0. The molecule has 1 unspecified atom stereocenters. The molecule has 1 aliphatic heterocycles. The van der Waals surface area contributed by atoms with Gasteiger partial charge in [0.05, 0.1) is 6.10 Å². The molecule has 1 fully saturated rings. The van der Waals surface area contributed by atoms with Crippen molar-refractivity contribution in [3.63, 3.8) is 0 Å². The van der Waals surface area contributed by atoms with Crippen molar-refractivity contribution < 1.29 is 14.3 Å². The van der Waals surface area contributed by atoms with E-state index in [0.29, 0.717) is 12.2 Å². The molecular formula is C17H24N2O3. The first-order valence-corrected chi connectivity index (χ1v) is 7.67. The second-order valence-electron chi connectivity index (χ2n) is 6.63. The van der Waals surface area contributed by atoms with Gasteiger partial charge in [0.2, 0.25) is 0 Å². The first kappa shape index (κ1) is 16.5. The summed E-state index contributed by atoms with van der Waals surface area (Å²) in [6.07, 6.45) is 1.96. The van der Waals surface area contributed by atoms with Crippen molar-refractivity contribution in [2.24, 2.45) is 0 Å². The minimum atomic E-state index is -0.651. The van der Waals surface area contributed by atoms with Crippen LogP contribution in [0.25, 0.3) is 0 Å². The largest absolute Gasteiger partial charge is 0.376 e. The van der Waals surface area contributed by atoms with Crippen LogP contribution in [0.4, 0.5) is 5.69 Å². The third-order valence-corrected chi connectivity index (χ3v) is 3.73. The van der Waals surface area contributed by atoms with Gasteiger partial charge in [-0.1, -0.05) is 32.9 Å². The van der Waals surface area contributed by atoms with E-state index in [4.69, 9.17) is 4.74 Å². The SMILES string of the molecule is CC(C)(C)c1ccc(NC(=O)C(=O)NCC2CCCO2)cc1. The second kappa shape index (κ2) is 6.92. The highest BCUT2D eigenvalue weighted by molar-refractivity contribution is 6.39. The summed E-state index contributed by atoms with van der Waals surface area (Å²) in [6, 6.07) is 7.54. The number of rotatable bonds is 3. The lowest BCUT2D eigenvalue weighted by Crippen LogP contribution is -2.39. The minimum absolute atomic E-state index is 0.0304. The highest BCUT2D eigenvalue weighted by Crippen LogP contribution is 2.23. The maximum Gasteiger partial charge on any atom is 0.313 e. The van der Waals surface area contributed by atoms with Gasteiger partial charge in [-0.2, -0.15) is 0 Å². The van der Waals surface area contributed by atoms with Crippen LogP contribution < -0.4 is 10.6 Å². The molecule has 0 spiro atoms. The van der Waals surface area contributed by atoms with Gasteiger partial charge in [-0.25, -0.2) is 0 Å². The molecule has 1 heterocycles. The molecule has 1 aromatic rings. The highest BCUT2D eigenvalue weighted by atomic mass is 16.5. The second-order valence-corrected chi connectivity index (χ2v) is 6.63. The molecule has 2 rings (SSSR count). The van der Waals surface area contributed by atoms with E-state index in [1.54, 1.807) is 0 Å². The first-order valence-electron chi connectivity index (χ1n) is 7.67. The van der Waals surface area contributed by atoms with Gasteiger partial charge in [0, 0.05) is 18.8 Å². The van der Waals surface area contributed by atoms with Crippen LogP contribution in [0.3, 0.4) is 0 Å². The molecule has 5 nitrogen and oxygen atoms in total. The summed E-state index contributed by atoms with van der Waals surface area (Å²) < 4.78 is 5.40. The van der Waals surface area contributed by atoms with Gasteiger partial charge in [-0.15, -0.1) is 0 Å². The number of carbonyl (C=O) groups excluding carboxylic acids is 2. The summed E-state index contributed by atoms with van der Waals surface area (Å²) in [7, 11) is 0. The number of anilines is 1. The fraction of sp³-hybridized carbons (Fsp3) is 0.529. The van der Waals surface area contributed by atoms with E-state index in [1.165, 1.54) is 5.56 Å². The molecule has 1 saturated heterocycles. The molecule has 0 radical (unpaired) electrons. The smallest absolute Gasteiger partial charge is 0.313 e. The summed E-state index contributed by atoms with van der Waals surface area (Å²) in [5.74, 6) is -1.28. The third kappa shape index (κ3) is 4.56. The van der Waals surface area contributed by atoms with Crippen molar-refractivity contribution >= 4 is 17.5 Å². The van der Waals surface area contributed by atoms with Crippen molar-refractivity contribution in [3.8, 4) is 0 Å². The van der Waals surface area contributed by atoms with Crippen LogP contribution in [0.5, 0.6) is 0 Å². The molecule has 0 aliphatic carbocycles. The Kier molecular flexibility index (Phi) is 5.19. The van der Waals surface area contributed by atoms with Gasteiger partial charge >= 0.3 is 11.8 Å². The molecule has 120 valence electrons. The Bertz CT molecular complexity index is 526. The van der Waals surface area contributed by atoms with Crippen LogP contribution in [0.15, 0.2) is 24.3 Å². The van der Waals surface area contributed by atoms with Gasteiger partial charge in [-0.3, -0.25) is 9.59 Å². The Morgan fingerprint density at radius 3 is 2.41 bits per heavy atom. The maximum atomic E-state index is 11.8. The van der Waals surface area contributed by atoms with E-state index >= 15 is 0 Å². The molecule has 5 heteroatoms. The average Bonchev–Trinajstić information content (AvgIpc) is 2.97. The van der Waals surface area contributed by atoms with Gasteiger partial charge in [0.15, 0.2) is 0 Å². The number of benzene rings is 1. The van der Waals surface area contributed by atoms with E-state index in [9.17, 15) is 9.59 Å². The number of carbonyl (C=O) groups is 2. The lowest BCUT2D eigenvalue weighted by molar-refractivity contribution is -0.136. The topological polar surface area (TPSA) is 67.4 Å². The molecule has 2 amide bonds. The zero-order valence-electron chi connectivity index (χ0n) is 13.4. The van der Waals surface area contributed by atoms with Gasteiger partial charge in [0.1, 0.15) is 0 Å². The molecular weight excluding hydrogens is 280 g/mol. The van der Waals surface area contributed by atoms with Crippen LogP contribution in [0, 0.1) is 0 Å². The lowest BCUT2D eigenvalue weighted by Gasteiger charge is -2.19. The van der Waals surface area contributed by atoms with Crippen molar-refractivity contribution in [2.75, 3.05) is 18.5 Å². The van der Waals surface area contributed by atoms with Crippen molar-refractivity contribution in [2.45, 2.75) is 45.1 Å². The maximum absolute atomic E-state index is 11.8. The summed E-state index contributed by atoms with van der Waals surface area (Å²) in [4.78, 5) is 23.6. The van der Waals surface area contributed by atoms with Gasteiger partial charge in [0.25, 0.3) is 0 Å². The fourth-order valence-electron chi connectivity index (χ4n) is 2.33. The molecule has 22 heavy (non-hydrogen) atoms. The highest BCUT2D eigenvalue weighted by Gasteiger charge is 2.19. The van der Waals surface area contributed by atoms with Crippen LogP contribution in [-0.4, -0.2) is 31.1 Å². The molecule has 0 bridgehead atoms. The predicted molar refractivity (Wildman–Crippen MR) is 85.8 cm³/mol. The Morgan fingerprint density at radius 1 is 1.18 bits per heavy atom. The normalized spacial score (nSPS) is 18.0. The molecule has 0 saturated carbocycles. The quantitative estimate of drug-likeness (QED) is 0.841. The van der Waals surface area contributed by atoms with Crippen molar-refractivity contribution in [1.29, 1.82) is 0 Å². The zero-order valence-corrected chi connectivity index (χ0v) is 13.4. The van der Waals surface area contributed by atoms with E-state index in [2.05, 4.69) is 31.4 Å². The molecule has 1 atom stereocenters. The minimum Gasteiger partial charge on any atom is -0.376 e. The monoisotopic (exact) mass is 304 g/mol. The summed E-state index contributed by atoms with van der Waals surface area (Å²) in [6.45, 7) is 7.49. The fourth-order valence-corrected chi connectivity index (χ4v) is 2.33. The number of hydrogen-bond acceptors (Lipinski definition) is 3. The summed E-state index contributed by atoms with van der Waals surface area (Å²) in [5, 5.41) is 5.21. The molecule has 1 aromatic carbocycles. The van der Waals surface area contributed by atoms with E-state index in [0.717, 1.165) is 19.4 Å². The van der Waals surface area contributed by atoms with Crippen LogP contribution in [-0.2, 0) is 19.7 Å². The Morgan fingerprint density at radius 2 is 1.86 bits per heavy atom. The Hall–Kier alpha value is -1.88. The third-order valence-electron chi connectivity index (χ3n) is 3.73. The lowest BCUT2D eigenvalue weighted by atomic mass is 9.87. The molecule has 1 aliphatic rings. The van der Waals surface area contributed by atoms with Crippen molar-refractivity contribution in [1.82, 2.24) is 5.32 Å². The molecule has 2 N–H and O–H groups in total. The number of nitrogens with one attached hydrogen (secondary N) is 2. The average molecular weight is 304 g/mol. The number of ether oxygens (including phenoxy) is 1. The van der Waals surface area contributed by atoms with Gasteiger partial charge in [-0.05, 0) is 36.0 Å². The van der Waals surface area contributed by atoms with Crippen molar-refractivity contribution in [3.05, 3.63) is 29.8 Å². The zero-order chi connectivity index (χ0) is 16.2. The van der Waals surface area contributed by atoms with Crippen LogP contribution in [0.2, 0.25) is 0 Å². The van der Waals surface area contributed by atoms with Gasteiger partial charge < -0.3 is 15.4 Å². The Balaban J connectivity index is 1.84.